The molecule has 0 amide bonds. The van der Waals surface area contributed by atoms with Crippen molar-refractivity contribution in [3.05, 3.63) is 34.3 Å². The third kappa shape index (κ3) is 1.06. The summed E-state index contributed by atoms with van der Waals surface area (Å²) in [6.45, 7) is 0. The van der Waals surface area contributed by atoms with Gasteiger partial charge in [-0.3, -0.25) is 0 Å². The topological polar surface area (TPSA) is 29.4 Å². The Morgan fingerprint density at radius 2 is 2.42 bits per heavy atom. The van der Waals surface area contributed by atoms with Crippen LogP contribution in [0.2, 0.25) is 5.02 Å². The summed E-state index contributed by atoms with van der Waals surface area (Å²) in [6.07, 6.45) is 2.38. The summed E-state index contributed by atoms with van der Waals surface area (Å²) in [5, 5.41) is 0.738. The number of hydrogen-bond donors (Lipinski definition) is 0. The Morgan fingerprint density at radius 1 is 1.58 bits per heavy atom. The third-order valence-electron chi connectivity index (χ3n) is 2.09. The molecule has 1 aliphatic rings. The second-order valence-corrected chi connectivity index (χ2v) is 3.22. The molecule has 0 saturated carbocycles. The molecule has 1 aliphatic carbocycles. The Morgan fingerprint density at radius 3 is 3.08 bits per heavy atom. The van der Waals surface area contributed by atoms with Gasteiger partial charge in [0, 0.05) is 11.4 Å². The fraction of sp³-hybridized carbons (Fsp3) is 0.222. The van der Waals surface area contributed by atoms with Crippen LogP contribution in [0.5, 0.6) is 0 Å². The molecule has 0 fully saturated rings. The van der Waals surface area contributed by atoms with Crippen molar-refractivity contribution in [1.29, 1.82) is 0 Å². The zero-order chi connectivity index (χ0) is 8.55. The number of isocyanates is 1. The standard InChI is InChI=1S/C9H6ClNO/c10-7-1-2-8-6(3-7)4-9(8)11-5-12/h1-3,9H,4H2. The lowest BCUT2D eigenvalue weighted by molar-refractivity contribution is 0.550. The van der Waals surface area contributed by atoms with E-state index in [0.717, 1.165) is 17.0 Å². The normalized spacial score (nSPS) is 18.9. The van der Waals surface area contributed by atoms with E-state index in [1.165, 1.54) is 5.56 Å². The van der Waals surface area contributed by atoms with Gasteiger partial charge in [-0.05, 0) is 23.3 Å². The lowest BCUT2D eigenvalue weighted by atomic mass is 9.84. The Balaban J connectivity index is 2.36. The van der Waals surface area contributed by atoms with Crippen LogP contribution in [0.4, 0.5) is 0 Å². The van der Waals surface area contributed by atoms with Crippen molar-refractivity contribution in [2.75, 3.05) is 0 Å². The molecular weight excluding hydrogens is 174 g/mol. The molecule has 1 atom stereocenters. The van der Waals surface area contributed by atoms with Gasteiger partial charge in [0.25, 0.3) is 0 Å². The molecule has 3 heteroatoms. The van der Waals surface area contributed by atoms with Gasteiger partial charge in [-0.2, -0.15) is 4.99 Å². The Hall–Kier alpha value is -1.11. The quantitative estimate of drug-likeness (QED) is 0.480. The van der Waals surface area contributed by atoms with Gasteiger partial charge in [-0.1, -0.05) is 17.7 Å². The molecule has 1 aromatic carbocycles. The zero-order valence-electron chi connectivity index (χ0n) is 6.25. The number of halogens is 1. The first-order chi connectivity index (χ1) is 5.81. The molecule has 0 aromatic heterocycles. The van der Waals surface area contributed by atoms with Crippen molar-refractivity contribution in [2.24, 2.45) is 4.99 Å². The van der Waals surface area contributed by atoms with E-state index < -0.39 is 0 Å². The molecule has 60 valence electrons. The van der Waals surface area contributed by atoms with Crippen molar-refractivity contribution in [1.82, 2.24) is 0 Å². The molecule has 1 unspecified atom stereocenters. The van der Waals surface area contributed by atoms with E-state index in [4.69, 9.17) is 11.6 Å². The first-order valence-corrected chi connectivity index (χ1v) is 4.04. The van der Waals surface area contributed by atoms with Crippen LogP contribution in [0.1, 0.15) is 17.2 Å². The number of rotatable bonds is 1. The molecular formula is C9H6ClNO. The maximum atomic E-state index is 9.97. The van der Waals surface area contributed by atoms with E-state index in [1.807, 2.05) is 18.2 Å². The minimum atomic E-state index is 0.0229. The lowest BCUT2D eigenvalue weighted by Crippen LogP contribution is -2.14. The predicted molar refractivity (Wildman–Crippen MR) is 46.0 cm³/mol. The van der Waals surface area contributed by atoms with Crippen LogP contribution in [0, 0.1) is 0 Å². The monoisotopic (exact) mass is 179 g/mol. The van der Waals surface area contributed by atoms with Crippen LogP contribution in [0.3, 0.4) is 0 Å². The molecule has 0 spiro atoms. The number of carbonyl (C=O) groups excluding carboxylic acids is 1. The zero-order valence-corrected chi connectivity index (χ0v) is 7.01. The van der Waals surface area contributed by atoms with Gasteiger partial charge in [0.15, 0.2) is 0 Å². The highest BCUT2D eigenvalue weighted by Crippen LogP contribution is 2.36. The van der Waals surface area contributed by atoms with Crippen molar-refractivity contribution in [3.8, 4) is 0 Å². The molecule has 0 saturated heterocycles. The summed E-state index contributed by atoms with van der Waals surface area (Å²) in [5.74, 6) is 0. The number of benzene rings is 1. The van der Waals surface area contributed by atoms with Gasteiger partial charge in [0.1, 0.15) is 0 Å². The number of nitrogens with zero attached hydrogens (tertiary/aromatic N) is 1. The average Bonchev–Trinajstić information content (AvgIpc) is 2.01. The molecule has 0 aliphatic heterocycles. The summed E-state index contributed by atoms with van der Waals surface area (Å²) >= 11 is 5.77. The van der Waals surface area contributed by atoms with E-state index in [2.05, 4.69) is 4.99 Å². The van der Waals surface area contributed by atoms with Gasteiger partial charge >= 0.3 is 0 Å². The van der Waals surface area contributed by atoms with Crippen molar-refractivity contribution in [2.45, 2.75) is 12.5 Å². The minimum Gasteiger partial charge on any atom is -0.211 e. The second-order valence-electron chi connectivity index (χ2n) is 2.78. The SMILES string of the molecule is O=C=NC1Cc2cc(Cl)ccc21. The van der Waals surface area contributed by atoms with E-state index in [1.54, 1.807) is 6.08 Å². The highest BCUT2D eigenvalue weighted by Gasteiger charge is 2.25. The van der Waals surface area contributed by atoms with Gasteiger partial charge in [0.05, 0.1) is 6.04 Å². The Bertz CT molecular complexity index is 369. The van der Waals surface area contributed by atoms with Crippen molar-refractivity contribution >= 4 is 17.7 Å². The van der Waals surface area contributed by atoms with Gasteiger partial charge in [0.2, 0.25) is 6.08 Å². The fourth-order valence-electron chi connectivity index (χ4n) is 1.44. The third-order valence-corrected chi connectivity index (χ3v) is 2.32. The summed E-state index contributed by atoms with van der Waals surface area (Å²) in [7, 11) is 0. The first kappa shape index (κ1) is 7.53. The van der Waals surface area contributed by atoms with Crippen LogP contribution in [-0.2, 0) is 11.2 Å². The van der Waals surface area contributed by atoms with E-state index in [-0.39, 0.29) is 6.04 Å². The largest absolute Gasteiger partial charge is 0.235 e. The summed E-state index contributed by atoms with van der Waals surface area (Å²) in [6, 6.07) is 5.66. The van der Waals surface area contributed by atoms with Crippen LogP contribution in [-0.4, -0.2) is 6.08 Å². The number of hydrogen-bond acceptors (Lipinski definition) is 2. The molecule has 12 heavy (non-hydrogen) atoms. The summed E-state index contributed by atoms with van der Waals surface area (Å²) < 4.78 is 0. The number of aliphatic imine (C=N–C) groups is 1. The molecule has 1 aromatic rings. The predicted octanol–water partition coefficient (Wildman–Crippen LogP) is 2.27. The van der Waals surface area contributed by atoms with Crippen LogP contribution >= 0.6 is 11.6 Å². The molecule has 2 nitrogen and oxygen atoms in total. The maximum Gasteiger partial charge on any atom is 0.235 e. The molecule has 0 radical (unpaired) electrons. The minimum absolute atomic E-state index is 0.0229. The number of fused-ring (bicyclic) bond motifs is 1. The highest BCUT2D eigenvalue weighted by molar-refractivity contribution is 6.30. The average molecular weight is 180 g/mol. The molecule has 2 rings (SSSR count). The van der Waals surface area contributed by atoms with Gasteiger partial charge in [-0.15, -0.1) is 0 Å². The molecule has 0 N–H and O–H groups in total. The summed E-state index contributed by atoms with van der Waals surface area (Å²) in [5.41, 5.74) is 2.29. The first-order valence-electron chi connectivity index (χ1n) is 3.66. The highest BCUT2D eigenvalue weighted by atomic mass is 35.5. The molecule has 0 heterocycles. The lowest BCUT2D eigenvalue weighted by Gasteiger charge is -2.25. The molecule has 0 bridgehead atoms. The Labute approximate surface area is 74.9 Å². The van der Waals surface area contributed by atoms with Crippen LogP contribution < -0.4 is 0 Å². The van der Waals surface area contributed by atoms with Crippen molar-refractivity contribution in [3.63, 3.8) is 0 Å². The fourth-order valence-corrected chi connectivity index (χ4v) is 1.64. The van der Waals surface area contributed by atoms with E-state index in [9.17, 15) is 4.79 Å². The summed E-state index contributed by atoms with van der Waals surface area (Å²) in [4.78, 5) is 13.6. The van der Waals surface area contributed by atoms with E-state index >= 15 is 0 Å². The van der Waals surface area contributed by atoms with Crippen LogP contribution in [0.25, 0.3) is 0 Å². The van der Waals surface area contributed by atoms with Crippen LogP contribution in [0.15, 0.2) is 23.2 Å². The Kier molecular flexibility index (Phi) is 1.72. The van der Waals surface area contributed by atoms with Crippen molar-refractivity contribution < 1.29 is 4.79 Å². The smallest absolute Gasteiger partial charge is 0.211 e. The van der Waals surface area contributed by atoms with Gasteiger partial charge < -0.3 is 0 Å². The van der Waals surface area contributed by atoms with Gasteiger partial charge in [-0.25, -0.2) is 4.79 Å². The van der Waals surface area contributed by atoms with E-state index in [0.29, 0.717) is 0 Å². The maximum absolute atomic E-state index is 9.97. The second kappa shape index (κ2) is 2.74.